The van der Waals surface area contributed by atoms with Gasteiger partial charge in [0.15, 0.2) is 0 Å². The molecule has 1 aliphatic carbocycles. The summed E-state index contributed by atoms with van der Waals surface area (Å²) in [5, 5.41) is 3.49. The van der Waals surface area contributed by atoms with E-state index in [1.807, 2.05) is 6.07 Å². The van der Waals surface area contributed by atoms with E-state index in [-0.39, 0.29) is 0 Å². The van der Waals surface area contributed by atoms with Gasteiger partial charge in [0.05, 0.1) is 0 Å². The van der Waals surface area contributed by atoms with Crippen LogP contribution in [0.25, 0.3) is 0 Å². The molecule has 0 saturated heterocycles. The fourth-order valence-corrected chi connectivity index (χ4v) is 2.64. The summed E-state index contributed by atoms with van der Waals surface area (Å²) < 4.78 is 0.897. The van der Waals surface area contributed by atoms with Gasteiger partial charge in [0.2, 0.25) is 0 Å². The lowest BCUT2D eigenvalue weighted by molar-refractivity contribution is 0.472. The minimum absolute atomic E-state index is 0.597. The van der Waals surface area contributed by atoms with Crippen molar-refractivity contribution < 1.29 is 0 Å². The van der Waals surface area contributed by atoms with Gasteiger partial charge in [-0.05, 0) is 41.1 Å². The summed E-state index contributed by atoms with van der Waals surface area (Å²) in [5.74, 6) is 3.32. The average Bonchev–Trinajstić information content (AvgIpc) is 3.23. The van der Waals surface area contributed by atoms with Crippen LogP contribution in [-0.4, -0.2) is 16.5 Å². The third-order valence-electron chi connectivity index (χ3n) is 3.77. The maximum atomic E-state index is 4.63. The fraction of sp³-hybridized carbons (Fsp3) is 0.733. The third kappa shape index (κ3) is 4.75. The van der Waals surface area contributed by atoms with Crippen LogP contribution in [0.5, 0.6) is 0 Å². The first-order valence-electron chi connectivity index (χ1n) is 7.51. The van der Waals surface area contributed by atoms with Crippen molar-refractivity contribution in [3.8, 4) is 0 Å². The molecule has 3 nitrogen and oxygen atoms in total. The van der Waals surface area contributed by atoms with Gasteiger partial charge in [0.25, 0.3) is 0 Å². The Balaban J connectivity index is 1.90. The van der Waals surface area contributed by atoms with Crippen LogP contribution in [0.1, 0.15) is 64.1 Å². The Morgan fingerprint density at radius 2 is 2.16 bits per heavy atom. The standard InChI is InChI=1S/C15H24BrN3/c1-3-5-6-11(4-2)10-17-14-9-13(16)18-15(19-14)12-7-8-12/h9,11-12H,3-8,10H2,1-2H3,(H,17,18,19). The Hall–Kier alpha value is -0.640. The van der Waals surface area contributed by atoms with E-state index in [1.165, 1.54) is 38.5 Å². The van der Waals surface area contributed by atoms with E-state index in [2.05, 4.69) is 45.1 Å². The SMILES string of the molecule is CCCCC(CC)CNc1cc(Br)nc(C2CC2)n1. The van der Waals surface area contributed by atoms with E-state index >= 15 is 0 Å². The highest BCUT2D eigenvalue weighted by molar-refractivity contribution is 9.10. The van der Waals surface area contributed by atoms with E-state index in [9.17, 15) is 0 Å². The first-order chi connectivity index (χ1) is 9.22. The largest absolute Gasteiger partial charge is 0.370 e. The average molecular weight is 326 g/mol. The second-order valence-corrected chi connectivity index (χ2v) is 6.32. The smallest absolute Gasteiger partial charge is 0.135 e. The normalized spacial score (nSPS) is 16.4. The van der Waals surface area contributed by atoms with E-state index in [1.54, 1.807) is 0 Å². The van der Waals surface area contributed by atoms with E-state index in [0.29, 0.717) is 5.92 Å². The zero-order chi connectivity index (χ0) is 13.7. The molecule has 0 aliphatic heterocycles. The molecule has 1 heterocycles. The van der Waals surface area contributed by atoms with Crippen LogP contribution in [0.4, 0.5) is 5.82 Å². The van der Waals surface area contributed by atoms with Gasteiger partial charge in [-0.25, -0.2) is 9.97 Å². The molecule has 1 aromatic heterocycles. The molecule has 0 radical (unpaired) electrons. The Morgan fingerprint density at radius 3 is 2.79 bits per heavy atom. The first-order valence-corrected chi connectivity index (χ1v) is 8.30. The van der Waals surface area contributed by atoms with Crippen molar-refractivity contribution in [3.05, 3.63) is 16.5 Å². The van der Waals surface area contributed by atoms with Crippen LogP contribution >= 0.6 is 15.9 Å². The van der Waals surface area contributed by atoms with Crippen molar-refractivity contribution >= 4 is 21.7 Å². The quantitative estimate of drug-likeness (QED) is 0.701. The van der Waals surface area contributed by atoms with Crippen molar-refractivity contribution in [1.82, 2.24) is 9.97 Å². The number of halogens is 1. The first kappa shape index (κ1) is 14.8. The molecule has 4 heteroatoms. The highest BCUT2D eigenvalue weighted by Crippen LogP contribution is 2.38. The number of nitrogens with one attached hydrogen (secondary N) is 1. The van der Waals surface area contributed by atoms with Gasteiger partial charge in [-0.15, -0.1) is 0 Å². The lowest BCUT2D eigenvalue weighted by Crippen LogP contribution is -2.15. The lowest BCUT2D eigenvalue weighted by Gasteiger charge is -2.16. The van der Waals surface area contributed by atoms with Gasteiger partial charge in [0.1, 0.15) is 16.2 Å². The van der Waals surface area contributed by atoms with Crippen molar-refractivity contribution in [3.63, 3.8) is 0 Å². The van der Waals surface area contributed by atoms with Crippen LogP contribution < -0.4 is 5.32 Å². The summed E-state index contributed by atoms with van der Waals surface area (Å²) >= 11 is 3.48. The minimum Gasteiger partial charge on any atom is -0.370 e. The highest BCUT2D eigenvalue weighted by Gasteiger charge is 2.27. The monoisotopic (exact) mass is 325 g/mol. The molecule has 1 saturated carbocycles. The molecule has 1 aliphatic rings. The molecular weight excluding hydrogens is 302 g/mol. The predicted molar refractivity (Wildman–Crippen MR) is 83.5 cm³/mol. The molecule has 1 N–H and O–H groups in total. The third-order valence-corrected chi connectivity index (χ3v) is 4.18. The van der Waals surface area contributed by atoms with Gasteiger partial charge < -0.3 is 5.32 Å². The fourth-order valence-electron chi connectivity index (χ4n) is 2.24. The van der Waals surface area contributed by atoms with Crippen molar-refractivity contribution in [1.29, 1.82) is 0 Å². The van der Waals surface area contributed by atoms with E-state index < -0.39 is 0 Å². The van der Waals surface area contributed by atoms with Crippen LogP contribution in [0, 0.1) is 5.92 Å². The Labute approximate surface area is 124 Å². The highest BCUT2D eigenvalue weighted by atomic mass is 79.9. The molecule has 1 aromatic rings. The number of nitrogens with zero attached hydrogens (tertiary/aromatic N) is 2. The molecule has 1 atom stereocenters. The van der Waals surface area contributed by atoms with Gasteiger partial charge >= 0.3 is 0 Å². The summed E-state index contributed by atoms with van der Waals surface area (Å²) in [4.78, 5) is 9.09. The maximum absolute atomic E-state index is 4.63. The Bertz CT molecular complexity index is 404. The maximum Gasteiger partial charge on any atom is 0.135 e. The second kappa shape index (κ2) is 7.22. The van der Waals surface area contributed by atoms with Gasteiger partial charge in [-0.2, -0.15) is 0 Å². The number of aromatic nitrogens is 2. The summed E-state index contributed by atoms with van der Waals surface area (Å²) in [6.07, 6.45) is 7.62. The molecule has 0 bridgehead atoms. The molecule has 1 fully saturated rings. The van der Waals surface area contributed by atoms with Gasteiger partial charge in [0, 0.05) is 18.5 Å². The number of unbranched alkanes of at least 4 members (excludes halogenated alkanes) is 1. The number of rotatable bonds is 8. The van der Waals surface area contributed by atoms with Crippen LogP contribution in [0.3, 0.4) is 0 Å². The van der Waals surface area contributed by atoms with Crippen molar-refractivity contribution in [2.24, 2.45) is 5.92 Å². The topological polar surface area (TPSA) is 37.8 Å². The van der Waals surface area contributed by atoms with Crippen molar-refractivity contribution in [2.75, 3.05) is 11.9 Å². The molecule has 1 unspecified atom stereocenters. The minimum atomic E-state index is 0.597. The summed E-state index contributed by atoms with van der Waals surface area (Å²) in [7, 11) is 0. The van der Waals surface area contributed by atoms with Gasteiger partial charge in [-0.1, -0.05) is 33.1 Å². The number of anilines is 1. The Kier molecular flexibility index (Phi) is 5.61. The summed E-state index contributed by atoms with van der Waals surface area (Å²) in [6, 6.07) is 1.98. The summed E-state index contributed by atoms with van der Waals surface area (Å²) in [5.41, 5.74) is 0. The molecule has 106 valence electrons. The molecule has 0 amide bonds. The number of hydrogen-bond acceptors (Lipinski definition) is 3. The summed E-state index contributed by atoms with van der Waals surface area (Å²) in [6.45, 7) is 5.54. The zero-order valence-corrected chi connectivity index (χ0v) is 13.5. The van der Waals surface area contributed by atoms with E-state index in [0.717, 1.165) is 28.7 Å². The zero-order valence-electron chi connectivity index (χ0n) is 12.0. The van der Waals surface area contributed by atoms with Gasteiger partial charge in [-0.3, -0.25) is 0 Å². The van der Waals surface area contributed by atoms with E-state index in [4.69, 9.17) is 0 Å². The lowest BCUT2D eigenvalue weighted by atomic mass is 9.99. The molecule has 2 rings (SSSR count). The van der Waals surface area contributed by atoms with Crippen LogP contribution in [0.2, 0.25) is 0 Å². The predicted octanol–water partition coefficient (Wildman–Crippen LogP) is 4.74. The second-order valence-electron chi connectivity index (χ2n) is 5.51. The molecule has 0 aromatic carbocycles. The molecular formula is C15H24BrN3. The molecule has 19 heavy (non-hydrogen) atoms. The van der Waals surface area contributed by atoms with Crippen molar-refractivity contribution in [2.45, 2.75) is 58.3 Å². The number of hydrogen-bond donors (Lipinski definition) is 1. The van der Waals surface area contributed by atoms with Crippen LogP contribution in [-0.2, 0) is 0 Å². The van der Waals surface area contributed by atoms with Crippen LogP contribution in [0.15, 0.2) is 10.7 Å². The molecule has 0 spiro atoms. The Morgan fingerprint density at radius 1 is 1.37 bits per heavy atom.